The Labute approximate surface area is 116 Å². The van der Waals surface area contributed by atoms with Gasteiger partial charge in [0.15, 0.2) is 5.79 Å². The number of morpholine rings is 1. The molecule has 7 heteroatoms. The second kappa shape index (κ2) is 6.45. The molecule has 1 saturated heterocycles. The zero-order chi connectivity index (χ0) is 14.7. The zero-order valence-corrected chi connectivity index (χ0v) is 13.1. The number of likely N-dealkylation sites (N-methyl/N-ethyl adjacent to an activating group) is 3. The predicted octanol–water partition coefficient (Wildman–Crippen LogP) is -1.11. The molecule has 2 unspecified atom stereocenters. The van der Waals surface area contributed by atoms with Gasteiger partial charge in [-0.3, -0.25) is 21.3 Å². The Bertz CT molecular complexity index is 287. The van der Waals surface area contributed by atoms with Gasteiger partial charge in [-0.25, -0.2) is 10.4 Å². The lowest BCUT2D eigenvalue weighted by Crippen LogP contribution is -2.89. The molecule has 0 radical (unpaired) electrons. The Kier molecular flexibility index (Phi) is 5.69. The van der Waals surface area contributed by atoms with Gasteiger partial charge in [0.2, 0.25) is 5.85 Å². The standard InChI is InChI=1S/C12H30N6O/c1-7-15-12(17(5)6)11(13,14-4)19-9-8-18(12)16-10(2)3/h10,14-16H,7-9,13H2,1-6H3. The van der Waals surface area contributed by atoms with Crippen LogP contribution in [0.15, 0.2) is 0 Å². The fourth-order valence-corrected chi connectivity index (χ4v) is 2.68. The van der Waals surface area contributed by atoms with Gasteiger partial charge in [-0.2, -0.15) is 0 Å². The van der Waals surface area contributed by atoms with E-state index in [1.165, 1.54) is 0 Å². The van der Waals surface area contributed by atoms with Gasteiger partial charge in [-0.05, 0) is 41.5 Å². The number of rotatable bonds is 6. The van der Waals surface area contributed by atoms with E-state index in [0.29, 0.717) is 12.6 Å². The van der Waals surface area contributed by atoms with Gasteiger partial charge >= 0.3 is 0 Å². The van der Waals surface area contributed by atoms with Crippen molar-refractivity contribution in [3.8, 4) is 0 Å². The predicted molar refractivity (Wildman–Crippen MR) is 77.0 cm³/mol. The van der Waals surface area contributed by atoms with Crippen LogP contribution in [0.2, 0.25) is 0 Å². The Morgan fingerprint density at radius 2 is 2.05 bits per heavy atom. The molecule has 19 heavy (non-hydrogen) atoms. The van der Waals surface area contributed by atoms with E-state index >= 15 is 0 Å². The van der Waals surface area contributed by atoms with E-state index < -0.39 is 11.6 Å². The lowest BCUT2D eigenvalue weighted by atomic mass is 10.1. The molecule has 0 saturated carbocycles. The minimum absolute atomic E-state index is 0.317. The third-order valence-electron chi connectivity index (χ3n) is 3.41. The van der Waals surface area contributed by atoms with Crippen LogP contribution in [0.4, 0.5) is 0 Å². The van der Waals surface area contributed by atoms with E-state index in [2.05, 4.69) is 41.8 Å². The van der Waals surface area contributed by atoms with Crippen LogP contribution in [0.3, 0.4) is 0 Å². The quantitative estimate of drug-likeness (QED) is 0.457. The normalized spacial score (nSPS) is 33.3. The summed E-state index contributed by atoms with van der Waals surface area (Å²) in [5.41, 5.74) is 9.93. The SMILES string of the molecule is CCNC1(N(C)C)N(NC(C)C)CCOC1(N)NC. The molecule has 0 aliphatic carbocycles. The van der Waals surface area contributed by atoms with E-state index in [1.807, 2.05) is 26.0 Å². The van der Waals surface area contributed by atoms with Crippen LogP contribution in [0.1, 0.15) is 20.8 Å². The lowest BCUT2D eigenvalue weighted by molar-refractivity contribution is -0.284. The van der Waals surface area contributed by atoms with Crippen LogP contribution in [-0.2, 0) is 4.74 Å². The molecule has 114 valence electrons. The third-order valence-corrected chi connectivity index (χ3v) is 3.41. The number of hydrogen-bond acceptors (Lipinski definition) is 7. The van der Waals surface area contributed by atoms with E-state index in [4.69, 9.17) is 10.5 Å². The zero-order valence-electron chi connectivity index (χ0n) is 13.1. The minimum Gasteiger partial charge on any atom is -0.342 e. The van der Waals surface area contributed by atoms with E-state index in [0.717, 1.165) is 13.1 Å². The average Bonchev–Trinajstić information content (AvgIpc) is 2.32. The van der Waals surface area contributed by atoms with Gasteiger partial charge in [0.05, 0.1) is 6.61 Å². The first-order chi connectivity index (χ1) is 8.84. The number of hydrogen-bond donors (Lipinski definition) is 4. The largest absolute Gasteiger partial charge is 0.342 e. The van der Waals surface area contributed by atoms with Crippen molar-refractivity contribution in [2.45, 2.75) is 38.4 Å². The molecule has 1 rings (SSSR count). The highest BCUT2D eigenvalue weighted by Crippen LogP contribution is 2.28. The summed E-state index contributed by atoms with van der Waals surface area (Å²) in [6.07, 6.45) is 0. The number of nitrogens with two attached hydrogens (primary N) is 1. The molecule has 0 bridgehead atoms. The summed E-state index contributed by atoms with van der Waals surface area (Å²) >= 11 is 0. The molecule has 1 aliphatic heterocycles. The maximum absolute atomic E-state index is 6.47. The van der Waals surface area contributed by atoms with Gasteiger partial charge in [0, 0.05) is 12.6 Å². The molecule has 0 aromatic heterocycles. The Balaban J connectivity index is 3.20. The van der Waals surface area contributed by atoms with Crippen molar-refractivity contribution in [1.82, 2.24) is 26.0 Å². The topological polar surface area (TPSA) is 77.8 Å². The summed E-state index contributed by atoms with van der Waals surface area (Å²) in [6.45, 7) is 8.38. The van der Waals surface area contributed by atoms with Crippen molar-refractivity contribution < 1.29 is 4.74 Å². The van der Waals surface area contributed by atoms with Crippen LogP contribution in [-0.4, -0.2) is 68.4 Å². The Hall–Kier alpha value is -0.280. The molecule has 7 nitrogen and oxygen atoms in total. The Morgan fingerprint density at radius 1 is 1.42 bits per heavy atom. The highest BCUT2D eigenvalue weighted by atomic mass is 16.5. The second-order valence-corrected chi connectivity index (χ2v) is 5.37. The minimum atomic E-state index is -1.01. The maximum atomic E-state index is 6.47. The first-order valence-corrected chi connectivity index (χ1v) is 6.92. The molecule has 0 aromatic carbocycles. The number of ether oxygens (including phenoxy) is 1. The van der Waals surface area contributed by atoms with Gasteiger partial charge in [-0.1, -0.05) is 6.92 Å². The number of nitrogens with one attached hydrogen (secondary N) is 3. The van der Waals surface area contributed by atoms with Gasteiger partial charge in [0.25, 0.3) is 0 Å². The van der Waals surface area contributed by atoms with Crippen LogP contribution in [0, 0.1) is 0 Å². The van der Waals surface area contributed by atoms with Gasteiger partial charge in [-0.15, -0.1) is 0 Å². The van der Waals surface area contributed by atoms with Crippen LogP contribution in [0.25, 0.3) is 0 Å². The molecule has 0 aromatic rings. The van der Waals surface area contributed by atoms with E-state index in [1.54, 1.807) is 0 Å². The molecule has 1 fully saturated rings. The molecule has 2 atom stereocenters. The van der Waals surface area contributed by atoms with Crippen molar-refractivity contribution in [3.63, 3.8) is 0 Å². The first kappa shape index (κ1) is 16.8. The number of hydrazine groups is 1. The average molecular weight is 274 g/mol. The van der Waals surface area contributed by atoms with Gasteiger partial charge in [0.1, 0.15) is 0 Å². The van der Waals surface area contributed by atoms with Crippen LogP contribution >= 0.6 is 0 Å². The van der Waals surface area contributed by atoms with Crippen molar-refractivity contribution >= 4 is 0 Å². The monoisotopic (exact) mass is 274 g/mol. The molecule has 0 amide bonds. The maximum Gasteiger partial charge on any atom is 0.220 e. The van der Waals surface area contributed by atoms with Crippen molar-refractivity contribution in [2.24, 2.45) is 5.73 Å². The first-order valence-electron chi connectivity index (χ1n) is 6.92. The second-order valence-electron chi connectivity index (χ2n) is 5.37. The van der Waals surface area contributed by atoms with Gasteiger partial charge < -0.3 is 4.74 Å². The van der Waals surface area contributed by atoms with Crippen molar-refractivity contribution in [1.29, 1.82) is 0 Å². The fourth-order valence-electron chi connectivity index (χ4n) is 2.68. The molecule has 0 spiro atoms. The summed E-state index contributed by atoms with van der Waals surface area (Å²) in [4.78, 5) is 2.04. The van der Waals surface area contributed by atoms with Crippen LogP contribution in [0.5, 0.6) is 0 Å². The number of nitrogens with zero attached hydrogens (tertiary/aromatic N) is 2. The molecule has 1 heterocycles. The van der Waals surface area contributed by atoms with E-state index in [-0.39, 0.29) is 0 Å². The van der Waals surface area contributed by atoms with Crippen molar-refractivity contribution in [2.75, 3.05) is 40.8 Å². The summed E-state index contributed by atoms with van der Waals surface area (Å²) in [7, 11) is 5.80. The molecular weight excluding hydrogens is 244 g/mol. The van der Waals surface area contributed by atoms with Crippen molar-refractivity contribution in [3.05, 3.63) is 0 Å². The van der Waals surface area contributed by atoms with E-state index in [9.17, 15) is 0 Å². The summed E-state index contributed by atoms with van der Waals surface area (Å²) in [6, 6.07) is 0.317. The summed E-state index contributed by atoms with van der Waals surface area (Å²) in [5, 5.41) is 8.71. The molecule has 5 N–H and O–H groups in total. The van der Waals surface area contributed by atoms with Crippen LogP contribution < -0.4 is 21.8 Å². The smallest absolute Gasteiger partial charge is 0.220 e. The molecular formula is C12H30N6O. The molecule has 1 aliphatic rings. The third kappa shape index (κ3) is 2.92. The lowest BCUT2D eigenvalue weighted by Gasteiger charge is -2.59. The summed E-state index contributed by atoms with van der Waals surface area (Å²) < 4.78 is 5.84. The highest BCUT2D eigenvalue weighted by molar-refractivity contribution is 5.00. The highest BCUT2D eigenvalue weighted by Gasteiger charge is 2.58. The Morgan fingerprint density at radius 3 is 2.47 bits per heavy atom. The fraction of sp³-hybridized carbons (Fsp3) is 1.00. The summed E-state index contributed by atoms with van der Waals surface area (Å²) in [5.74, 6) is -1.67.